The molecule has 0 aromatic heterocycles. The van der Waals surface area contributed by atoms with Crippen molar-refractivity contribution in [3.05, 3.63) is 0 Å². The maximum Gasteiger partial charge on any atom is 0.0575 e. The largest absolute Gasteiger partial charge is 0.378 e. The van der Waals surface area contributed by atoms with Crippen molar-refractivity contribution in [2.75, 3.05) is 19.7 Å². The Morgan fingerprint density at radius 3 is 2.47 bits per heavy atom. The number of ether oxygens (including phenoxy) is 1. The minimum Gasteiger partial charge on any atom is -0.378 e. The lowest BCUT2D eigenvalue weighted by Crippen LogP contribution is -2.28. The van der Waals surface area contributed by atoms with Crippen LogP contribution in [0.2, 0.25) is 0 Å². The highest BCUT2D eigenvalue weighted by molar-refractivity contribution is 5.85. The number of piperidine rings is 1. The van der Waals surface area contributed by atoms with Crippen molar-refractivity contribution < 1.29 is 4.74 Å². The first-order valence-electron chi connectivity index (χ1n) is 6.27. The average molecular weight is 234 g/mol. The van der Waals surface area contributed by atoms with Gasteiger partial charge in [-0.3, -0.25) is 0 Å². The van der Waals surface area contributed by atoms with E-state index in [0.717, 1.165) is 12.5 Å². The van der Waals surface area contributed by atoms with Crippen LogP contribution in [-0.2, 0) is 4.74 Å². The van der Waals surface area contributed by atoms with E-state index in [1.54, 1.807) is 0 Å². The van der Waals surface area contributed by atoms with Gasteiger partial charge in [-0.2, -0.15) is 0 Å². The van der Waals surface area contributed by atoms with E-state index in [4.69, 9.17) is 4.74 Å². The first-order chi connectivity index (χ1) is 6.95. The van der Waals surface area contributed by atoms with Crippen LogP contribution in [0.15, 0.2) is 0 Å². The summed E-state index contributed by atoms with van der Waals surface area (Å²) in [4.78, 5) is 0. The van der Waals surface area contributed by atoms with Gasteiger partial charge in [0.2, 0.25) is 0 Å². The molecule has 2 aliphatic heterocycles. The van der Waals surface area contributed by atoms with Crippen LogP contribution in [0.1, 0.15) is 44.9 Å². The molecule has 2 fully saturated rings. The maximum atomic E-state index is 5.75. The molecular formula is C12H24ClNO. The third kappa shape index (κ3) is 4.71. The number of rotatable bonds is 3. The highest BCUT2D eigenvalue weighted by Crippen LogP contribution is 2.23. The van der Waals surface area contributed by atoms with Crippen molar-refractivity contribution in [1.29, 1.82) is 0 Å². The number of hydrogen-bond donors (Lipinski definition) is 1. The van der Waals surface area contributed by atoms with Crippen molar-refractivity contribution in [3.63, 3.8) is 0 Å². The summed E-state index contributed by atoms with van der Waals surface area (Å²) in [7, 11) is 0. The molecule has 2 heterocycles. The molecule has 0 aromatic carbocycles. The standard InChI is InChI=1S/C12H23NO.ClH/c1-2-10-14-12(3-1)5-4-11-6-8-13-9-7-11;/h11-13H,1-10H2;1H. The monoisotopic (exact) mass is 233 g/mol. The van der Waals surface area contributed by atoms with Crippen LogP contribution in [0, 0.1) is 5.92 Å². The van der Waals surface area contributed by atoms with Gasteiger partial charge in [0.1, 0.15) is 0 Å². The molecule has 3 heteroatoms. The van der Waals surface area contributed by atoms with Gasteiger partial charge in [-0.05, 0) is 64.0 Å². The van der Waals surface area contributed by atoms with Gasteiger partial charge in [0, 0.05) is 6.61 Å². The van der Waals surface area contributed by atoms with Crippen LogP contribution in [-0.4, -0.2) is 25.8 Å². The van der Waals surface area contributed by atoms with Gasteiger partial charge < -0.3 is 10.1 Å². The van der Waals surface area contributed by atoms with E-state index in [2.05, 4.69) is 5.32 Å². The second-order valence-electron chi connectivity index (χ2n) is 4.76. The molecule has 1 unspecified atom stereocenters. The molecule has 0 aliphatic carbocycles. The van der Waals surface area contributed by atoms with Gasteiger partial charge in [-0.25, -0.2) is 0 Å². The molecule has 0 radical (unpaired) electrons. The summed E-state index contributed by atoms with van der Waals surface area (Å²) in [5.41, 5.74) is 0. The van der Waals surface area contributed by atoms with Gasteiger partial charge in [0.05, 0.1) is 6.10 Å². The summed E-state index contributed by atoms with van der Waals surface area (Å²) in [5.74, 6) is 0.974. The predicted octanol–water partition coefficient (Wildman–Crippen LogP) is 2.76. The number of halogens is 1. The summed E-state index contributed by atoms with van der Waals surface area (Å²) in [6.45, 7) is 3.48. The highest BCUT2D eigenvalue weighted by Gasteiger charge is 2.17. The van der Waals surface area contributed by atoms with Gasteiger partial charge in [0.25, 0.3) is 0 Å². The van der Waals surface area contributed by atoms with Crippen LogP contribution < -0.4 is 5.32 Å². The molecule has 2 aliphatic rings. The van der Waals surface area contributed by atoms with E-state index in [0.29, 0.717) is 6.10 Å². The summed E-state index contributed by atoms with van der Waals surface area (Å²) in [5, 5.41) is 3.42. The zero-order valence-corrected chi connectivity index (χ0v) is 10.4. The van der Waals surface area contributed by atoms with Crippen LogP contribution in [0.4, 0.5) is 0 Å². The molecule has 1 N–H and O–H groups in total. The molecule has 0 saturated carbocycles. The normalized spacial score (nSPS) is 28.4. The fraction of sp³-hybridized carbons (Fsp3) is 1.00. The Balaban J connectivity index is 0.00000112. The maximum absolute atomic E-state index is 5.75. The molecule has 1 atom stereocenters. The average Bonchev–Trinajstić information content (AvgIpc) is 2.29. The molecule has 0 bridgehead atoms. The fourth-order valence-corrected chi connectivity index (χ4v) is 2.63. The van der Waals surface area contributed by atoms with Crippen molar-refractivity contribution in [1.82, 2.24) is 5.32 Å². The molecule has 15 heavy (non-hydrogen) atoms. The molecular weight excluding hydrogens is 210 g/mol. The fourth-order valence-electron chi connectivity index (χ4n) is 2.63. The van der Waals surface area contributed by atoms with Crippen molar-refractivity contribution in [2.24, 2.45) is 5.92 Å². The quantitative estimate of drug-likeness (QED) is 0.810. The zero-order chi connectivity index (χ0) is 9.64. The lowest BCUT2D eigenvalue weighted by atomic mass is 9.91. The Morgan fingerprint density at radius 1 is 1.00 bits per heavy atom. The summed E-state index contributed by atoms with van der Waals surface area (Å²) >= 11 is 0. The summed E-state index contributed by atoms with van der Waals surface area (Å²) < 4.78 is 5.75. The first-order valence-corrected chi connectivity index (χ1v) is 6.27. The van der Waals surface area contributed by atoms with E-state index >= 15 is 0 Å². The van der Waals surface area contributed by atoms with E-state index in [1.807, 2.05) is 0 Å². The molecule has 0 aromatic rings. The van der Waals surface area contributed by atoms with E-state index < -0.39 is 0 Å². The minimum atomic E-state index is 0. The first kappa shape index (κ1) is 13.3. The van der Waals surface area contributed by atoms with E-state index in [9.17, 15) is 0 Å². The van der Waals surface area contributed by atoms with Crippen molar-refractivity contribution >= 4 is 12.4 Å². The van der Waals surface area contributed by atoms with Crippen LogP contribution >= 0.6 is 12.4 Å². The third-order valence-corrected chi connectivity index (χ3v) is 3.63. The lowest BCUT2D eigenvalue weighted by molar-refractivity contribution is 0.00688. The highest BCUT2D eigenvalue weighted by atomic mass is 35.5. The molecule has 2 saturated heterocycles. The van der Waals surface area contributed by atoms with Crippen LogP contribution in [0.3, 0.4) is 0 Å². The Morgan fingerprint density at radius 2 is 1.80 bits per heavy atom. The molecule has 2 rings (SSSR count). The molecule has 2 nitrogen and oxygen atoms in total. The number of hydrogen-bond acceptors (Lipinski definition) is 2. The number of nitrogens with one attached hydrogen (secondary N) is 1. The molecule has 0 amide bonds. The van der Waals surface area contributed by atoms with Crippen molar-refractivity contribution in [2.45, 2.75) is 51.0 Å². The van der Waals surface area contributed by atoms with Gasteiger partial charge in [-0.1, -0.05) is 0 Å². The second-order valence-corrected chi connectivity index (χ2v) is 4.76. The van der Waals surface area contributed by atoms with Crippen molar-refractivity contribution in [3.8, 4) is 0 Å². The Labute approximate surface area is 99.6 Å². The Kier molecular flexibility index (Phi) is 6.62. The summed E-state index contributed by atoms with van der Waals surface area (Å²) in [6.07, 6.45) is 10.0. The summed E-state index contributed by atoms with van der Waals surface area (Å²) in [6, 6.07) is 0. The second kappa shape index (κ2) is 7.48. The zero-order valence-electron chi connectivity index (χ0n) is 9.54. The lowest BCUT2D eigenvalue weighted by Gasteiger charge is -2.27. The smallest absolute Gasteiger partial charge is 0.0575 e. The Hall–Kier alpha value is 0.210. The predicted molar refractivity (Wildman–Crippen MR) is 65.7 cm³/mol. The van der Waals surface area contributed by atoms with Gasteiger partial charge in [0.15, 0.2) is 0 Å². The minimum absolute atomic E-state index is 0. The van der Waals surface area contributed by atoms with E-state index in [1.165, 1.54) is 58.0 Å². The van der Waals surface area contributed by atoms with Gasteiger partial charge >= 0.3 is 0 Å². The topological polar surface area (TPSA) is 21.3 Å². The Bertz CT molecular complexity index is 136. The third-order valence-electron chi connectivity index (χ3n) is 3.63. The van der Waals surface area contributed by atoms with Crippen LogP contribution in [0.25, 0.3) is 0 Å². The van der Waals surface area contributed by atoms with Crippen LogP contribution in [0.5, 0.6) is 0 Å². The molecule has 90 valence electrons. The van der Waals surface area contributed by atoms with Gasteiger partial charge in [-0.15, -0.1) is 12.4 Å². The SMILES string of the molecule is C1CCC(CCC2CCNCC2)OC1.Cl. The molecule has 0 spiro atoms. The van der Waals surface area contributed by atoms with E-state index in [-0.39, 0.29) is 12.4 Å².